The van der Waals surface area contributed by atoms with Gasteiger partial charge in [0, 0.05) is 19.5 Å². The van der Waals surface area contributed by atoms with Gasteiger partial charge in [-0.05, 0) is 44.0 Å². The van der Waals surface area contributed by atoms with Gasteiger partial charge in [0.15, 0.2) is 29.4 Å². The number of nitrogens with two attached hydrogens (primary N) is 1. The summed E-state index contributed by atoms with van der Waals surface area (Å²) in [5.41, 5.74) is 4.70. The third kappa shape index (κ3) is 6.77. The second kappa shape index (κ2) is 13.5. The van der Waals surface area contributed by atoms with Gasteiger partial charge in [0.25, 0.3) is 0 Å². The van der Waals surface area contributed by atoms with Crippen LogP contribution in [0.5, 0.6) is 5.75 Å². The summed E-state index contributed by atoms with van der Waals surface area (Å²) in [6, 6.07) is 12.0. The minimum absolute atomic E-state index is 0.0543. The topological polar surface area (TPSA) is 159 Å². The first-order valence-corrected chi connectivity index (χ1v) is 17.6. The van der Waals surface area contributed by atoms with Crippen molar-refractivity contribution in [2.75, 3.05) is 37.2 Å². The number of aromatic nitrogens is 4. The predicted molar refractivity (Wildman–Crippen MR) is 177 cm³/mol. The summed E-state index contributed by atoms with van der Waals surface area (Å²) in [6.07, 6.45) is -4.19. The number of anilines is 2. The number of rotatable bonds is 12. The number of aliphatic hydroxyl groups excluding tert-OH is 1. The van der Waals surface area contributed by atoms with Crippen molar-refractivity contribution < 1.29 is 32.8 Å². The molecule has 0 bridgehead atoms. The van der Waals surface area contributed by atoms with E-state index in [4.69, 9.17) is 47.7 Å². The van der Waals surface area contributed by atoms with E-state index in [9.17, 15) is 9.90 Å². The fourth-order valence-corrected chi connectivity index (χ4v) is 7.77. The highest BCUT2D eigenvalue weighted by Crippen LogP contribution is 2.50. The normalized spacial score (nSPS) is 23.5. The number of alkyl halides is 2. The highest BCUT2D eigenvalue weighted by molar-refractivity contribution is 8.09. The number of fused-ring (bicyclic) bond motifs is 2. The van der Waals surface area contributed by atoms with E-state index in [1.165, 1.54) is 10.9 Å². The van der Waals surface area contributed by atoms with Crippen molar-refractivity contribution in [2.45, 2.75) is 57.0 Å². The third-order valence-corrected chi connectivity index (χ3v) is 10.2. The van der Waals surface area contributed by atoms with Crippen LogP contribution >= 0.6 is 18.2 Å². The average molecular weight is 696 g/mol. The summed E-state index contributed by atoms with van der Waals surface area (Å²) in [5.74, 6) is -0.197. The quantitative estimate of drug-likeness (QED) is 0.111. The van der Waals surface area contributed by atoms with Crippen LogP contribution in [0.15, 0.2) is 48.8 Å². The number of nitrogens with zero attached hydrogens (tertiary/aromatic N) is 5. The van der Waals surface area contributed by atoms with Crippen LogP contribution < -0.4 is 20.2 Å². The Bertz CT molecular complexity index is 1780. The van der Waals surface area contributed by atoms with E-state index in [1.807, 2.05) is 30.3 Å². The van der Waals surface area contributed by atoms with E-state index >= 15 is 4.39 Å². The number of esters is 1. The molecular weight excluding hydrogens is 660 g/mol. The van der Waals surface area contributed by atoms with Crippen LogP contribution in [0.4, 0.5) is 16.2 Å². The molecule has 2 aromatic carbocycles. The molecule has 0 saturated carbocycles. The second-order valence-electron chi connectivity index (χ2n) is 11.4. The van der Waals surface area contributed by atoms with Crippen molar-refractivity contribution >= 4 is 69.7 Å². The summed E-state index contributed by atoms with van der Waals surface area (Å²) in [4.78, 5) is 27.3. The Hall–Kier alpha value is -3.17. The smallest absolute Gasteiger partial charge is 0.323 e. The molecule has 0 aliphatic carbocycles. The second-order valence-corrected chi connectivity index (χ2v) is 14.8. The van der Waals surface area contributed by atoms with Gasteiger partial charge in [-0.1, -0.05) is 36.4 Å². The zero-order valence-corrected chi connectivity index (χ0v) is 28.3. The van der Waals surface area contributed by atoms with Crippen molar-refractivity contribution in [1.29, 1.82) is 0 Å². The number of ether oxygens (including phenoxy) is 2. The fraction of sp³-hybridized carbons (Fsp3) is 0.448. The molecule has 0 amide bonds. The number of imidazole rings is 1. The molecule has 1 fully saturated rings. The molecule has 1 saturated heterocycles. The minimum Gasteiger partial charge on any atom is -0.462 e. The zero-order chi connectivity index (χ0) is 33.4. The maximum Gasteiger partial charge on any atom is 0.323 e. The van der Waals surface area contributed by atoms with Crippen LogP contribution in [0, 0.1) is 0 Å². The molecule has 46 heavy (non-hydrogen) atoms. The van der Waals surface area contributed by atoms with E-state index in [0.29, 0.717) is 17.1 Å². The summed E-state index contributed by atoms with van der Waals surface area (Å²) in [5, 5.41) is 15.8. The molecule has 13 nitrogen and oxygen atoms in total. The van der Waals surface area contributed by atoms with Crippen LogP contribution in [-0.2, 0) is 30.6 Å². The highest BCUT2D eigenvalue weighted by Gasteiger charge is 2.57. The Morgan fingerprint density at radius 2 is 1.98 bits per heavy atom. The number of aliphatic hydroxyl groups is 1. The van der Waals surface area contributed by atoms with Crippen molar-refractivity contribution in [1.82, 2.24) is 24.6 Å². The molecular formula is C29H36ClFN7O6PS. The average Bonchev–Trinajstić information content (AvgIpc) is 3.53. The molecule has 4 N–H and O–H groups in total. The zero-order valence-electron chi connectivity index (χ0n) is 25.8. The monoisotopic (exact) mass is 695 g/mol. The van der Waals surface area contributed by atoms with E-state index in [-0.39, 0.29) is 23.6 Å². The Kier molecular flexibility index (Phi) is 10.0. The van der Waals surface area contributed by atoms with E-state index in [0.717, 1.165) is 10.8 Å². The Balaban J connectivity index is 1.46. The molecule has 1 aliphatic heterocycles. The van der Waals surface area contributed by atoms with Gasteiger partial charge < -0.3 is 34.3 Å². The van der Waals surface area contributed by atoms with Crippen LogP contribution in [0.25, 0.3) is 21.9 Å². The van der Waals surface area contributed by atoms with E-state index in [2.05, 4.69) is 20.0 Å². The molecule has 4 aromatic rings. The number of carbonyl (C=O) groups is 1. The summed E-state index contributed by atoms with van der Waals surface area (Å²) in [6.45, 7) is 0.865. The Morgan fingerprint density at radius 1 is 1.26 bits per heavy atom. The SMILES string of the molecule is CC(C)OC(=O)[C@@H](C)N[P@](=S)(OC[C@@]1(CCl)O[C@@H](n2cnc3c(N(C)C)nc(N)nc32)[C@@H](F)[C@@H]1O)Oc1cccc2ccccc12. The Morgan fingerprint density at radius 3 is 2.67 bits per heavy atom. The number of nitrogens with one attached hydrogen (secondary N) is 1. The lowest BCUT2D eigenvalue weighted by molar-refractivity contribution is -0.149. The standard InChI is InChI=1S/C29H36ClFN7O6PS/c1-16(2)42-27(40)17(3)36-45(46,44-20-12-8-10-18-9-6-7-11-19(18)20)41-14-29(13-30)23(39)21(31)26(43-29)38-15-33-22-24(37(4)5)34-28(32)35-25(22)38/h6-12,15-17,21,23,26,39H,13-14H2,1-5H3,(H,36,46)(H2,32,34,35)/t17-,21+,23+,26-,29-,45+/m1/s1. The van der Waals surface area contributed by atoms with Crippen molar-refractivity contribution in [3.63, 3.8) is 0 Å². The summed E-state index contributed by atoms with van der Waals surface area (Å²) >= 11 is 12.3. The molecule has 6 atom stereocenters. The van der Waals surface area contributed by atoms with Gasteiger partial charge in [-0.25, -0.2) is 14.5 Å². The van der Waals surface area contributed by atoms with Crippen LogP contribution in [-0.4, -0.2) is 87.2 Å². The first-order valence-electron chi connectivity index (χ1n) is 14.4. The maximum absolute atomic E-state index is 15.9. The molecule has 5 rings (SSSR count). The van der Waals surface area contributed by atoms with E-state index in [1.54, 1.807) is 51.9 Å². The molecule has 3 heterocycles. The predicted octanol–water partition coefficient (Wildman–Crippen LogP) is 4.08. The van der Waals surface area contributed by atoms with Crippen LogP contribution in [0.2, 0.25) is 0 Å². The summed E-state index contributed by atoms with van der Waals surface area (Å²) in [7, 11) is 3.51. The van der Waals surface area contributed by atoms with Crippen LogP contribution in [0.1, 0.15) is 27.0 Å². The lowest BCUT2D eigenvalue weighted by Gasteiger charge is -2.33. The molecule has 0 radical (unpaired) electrons. The van der Waals surface area contributed by atoms with Gasteiger partial charge in [-0.2, -0.15) is 9.97 Å². The molecule has 1 aliphatic rings. The molecule has 248 valence electrons. The lowest BCUT2D eigenvalue weighted by atomic mass is 9.99. The van der Waals surface area contributed by atoms with Gasteiger partial charge >= 0.3 is 12.6 Å². The number of hydrogen-bond acceptors (Lipinski definition) is 12. The molecule has 2 aromatic heterocycles. The van der Waals surface area contributed by atoms with Gasteiger partial charge in [-0.3, -0.25) is 9.36 Å². The lowest BCUT2D eigenvalue weighted by Crippen LogP contribution is -2.48. The highest BCUT2D eigenvalue weighted by atomic mass is 35.5. The Labute approximate surface area is 275 Å². The van der Waals surface area contributed by atoms with Gasteiger partial charge in [0.05, 0.1) is 24.9 Å². The van der Waals surface area contributed by atoms with Gasteiger partial charge in [-0.15, -0.1) is 11.6 Å². The minimum atomic E-state index is -3.65. The first-order chi connectivity index (χ1) is 21.8. The number of nitrogen functional groups attached to an aromatic ring is 1. The van der Waals surface area contributed by atoms with Crippen molar-refractivity contribution in [3.05, 3.63) is 48.8 Å². The largest absolute Gasteiger partial charge is 0.462 e. The van der Waals surface area contributed by atoms with E-state index < -0.39 is 49.4 Å². The van der Waals surface area contributed by atoms with Crippen molar-refractivity contribution in [3.8, 4) is 5.75 Å². The molecule has 0 unspecified atom stereocenters. The number of benzene rings is 2. The summed E-state index contributed by atoms with van der Waals surface area (Å²) < 4.78 is 41.3. The van der Waals surface area contributed by atoms with Gasteiger partial charge in [0.2, 0.25) is 5.95 Å². The fourth-order valence-electron chi connectivity index (χ4n) is 5.03. The maximum atomic E-state index is 15.9. The van der Waals surface area contributed by atoms with Crippen LogP contribution in [0.3, 0.4) is 0 Å². The number of hydrogen-bond donors (Lipinski definition) is 3. The number of carbonyl (C=O) groups excluding carboxylic acids is 1. The third-order valence-electron chi connectivity index (χ3n) is 7.32. The first kappa shape index (κ1) is 34.2. The molecule has 17 heteroatoms. The molecule has 0 spiro atoms. The van der Waals surface area contributed by atoms with Gasteiger partial charge in [0.1, 0.15) is 23.5 Å². The van der Waals surface area contributed by atoms with Crippen molar-refractivity contribution in [2.24, 2.45) is 0 Å². The number of halogens is 2.